The molecule has 1 unspecified atom stereocenters. The third-order valence-electron chi connectivity index (χ3n) is 4.98. The molecule has 0 bridgehead atoms. The van der Waals surface area contributed by atoms with Crippen LogP contribution in [0.2, 0.25) is 0 Å². The van der Waals surface area contributed by atoms with Crippen molar-refractivity contribution < 1.29 is 19.0 Å². The second kappa shape index (κ2) is 9.34. The molecule has 1 aliphatic heterocycles. The summed E-state index contributed by atoms with van der Waals surface area (Å²) in [7, 11) is 1.61. The van der Waals surface area contributed by atoms with E-state index >= 15 is 0 Å². The van der Waals surface area contributed by atoms with Gasteiger partial charge in [-0.3, -0.25) is 4.79 Å². The Morgan fingerprint density at radius 1 is 1.19 bits per heavy atom. The largest absolute Gasteiger partial charge is 0.497 e. The van der Waals surface area contributed by atoms with Crippen molar-refractivity contribution >= 4 is 23.4 Å². The maximum absolute atomic E-state index is 12.7. The van der Waals surface area contributed by atoms with Gasteiger partial charge in [0.15, 0.2) is 16.7 Å². The number of ether oxygens (including phenoxy) is 3. The second-order valence-corrected chi connectivity index (χ2v) is 8.31. The van der Waals surface area contributed by atoms with Crippen LogP contribution >= 0.6 is 11.8 Å². The molecule has 2 heterocycles. The number of hydrogen-bond acceptors (Lipinski definition) is 6. The van der Waals surface area contributed by atoms with Crippen molar-refractivity contribution in [3.8, 4) is 28.5 Å². The summed E-state index contributed by atoms with van der Waals surface area (Å²) in [5, 5.41) is 3.42. The van der Waals surface area contributed by atoms with Crippen molar-refractivity contribution in [2.75, 3.05) is 25.6 Å². The minimum Gasteiger partial charge on any atom is -0.497 e. The van der Waals surface area contributed by atoms with Gasteiger partial charge < -0.3 is 24.1 Å². The lowest BCUT2D eigenvalue weighted by atomic mass is 10.1. The molecule has 162 valence electrons. The summed E-state index contributed by atoms with van der Waals surface area (Å²) in [6.45, 7) is 5.79. The van der Waals surface area contributed by atoms with Crippen LogP contribution in [0.5, 0.6) is 17.2 Å². The minimum absolute atomic E-state index is 0.0818. The van der Waals surface area contributed by atoms with Crippen LogP contribution in [0.1, 0.15) is 13.8 Å². The van der Waals surface area contributed by atoms with E-state index in [4.69, 9.17) is 14.2 Å². The van der Waals surface area contributed by atoms with E-state index in [1.165, 1.54) is 11.8 Å². The predicted molar refractivity (Wildman–Crippen MR) is 121 cm³/mol. The Morgan fingerprint density at radius 2 is 1.94 bits per heavy atom. The first-order valence-corrected chi connectivity index (χ1v) is 11.0. The van der Waals surface area contributed by atoms with Crippen LogP contribution < -0.4 is 19.5 Å². The monoisotopic (exact) mass is 439 g/mol. The van der Waals surface area contributed by atoms with Crippen molar-refractivity contribution in [3.63, 3.8) is 0 Å². The zero-order valence-electron chi connectivity index (χ0n) is 17.8. The Balaban J connectivity index is 1.48. The molecule has 2 aromatic carbocycles. The Hall–Kier alpha value is -3.13. The molecular formula is C23H25N3O4S. The molecule has 1 amide bonds. The highest BCUT2D eigenvalue weighted by molar-refractivity contribution is 8.00. The number of carbonyl (C=O) groups excluding carboxylic acids is 1. The normalized spacial score (nSPS) is 13.5. The van der Waals surface area contributed by atoms with E-state index in [1.54, 1.807) is 7.11 Å². The third kappa shape index (κ3) is 4.64. The van der Waals surface area contributed by atoms with Crippen molar-refractivity contribution in [1.82, 2.24) is 9.55 Å². The smallest absolute Gasteiger partial charge is 0.237 e. The van der Waals surface area contributed by atoms with Crippen LogP contribution in [0, 0.1) is 0 Å². The number of fused-ring (bicyclic) bond motifs is 1. The number of hydrogen-bond donors (Lipinski definition) is 1. The summed E-state index contributed by atoms with van der Waals surface area (Å²) in [5.41, 5.74) is 2.71. The number of nitrogens with zero attached hydrogens (tertiary/aromatic N) is 2. The predicted octanol–water partition coefficient (Wildman–Crippen LogP) is 4.47. The number of amides is 1. The van der Waals surface area contributed by atoms with Gasteiger partial charge in [-0.05, 0) is 56.3 Å². The van der Waals surface area contributed by atoms with Gasteiger partial charge in [0.1, 0.15) is 19.0 Å². The zero-order valence-corrected chi connectivity index (χ0v) is 18.6. The van der Waals surface area contributed by atoms with E-state index in [0.717, 1.165) is 45.9 Å². The fourth-order valence-electron chi connectivity index (χ4n) is 3.32. The maximum atomic E-state index is 12.7. The Kier molecular flexibility index (Phi) is 6.36. The number of thioether (sulfide) groups is 1. The van der Waals surface area contributed by atoms with Crippen molar-refractivity contribution in [1.29, 1.82) is 0 Å². The summed E-state index contributed by atoms with van der Waals surface area (Å²) in [5.74, 6) is 2.17. The number of anilines is 1. The van der Waals surface area contributed by atoms with Crippen LogP contribution in [0.25, 0.3) is 11.3 Å². The summed E-state index contributed by atoms with van der Waals surface area (Å²) in [4.78, 5) is 17.3. The number of rotatable bonds is 7. The summed E-state index contributed by atoms with van der Waals surface area (Å²) >= 11 is 1.43. The molecule has 0 saturated heterocycles. The lowest BCUT2D eigenvalue weighted by molar-refractivity contribution is -0.115. The van der Waals surface area contributed by atoms with Gasteiger partial charge in [0, 0.05) is 17.8 Å². The zero-order chi connectivity index (χ0) is 21.8. The number of nitrogens with one attached hydrogen (secondary N) is 1. The summed E-state index contributed by atoms with van der Waals surface area (Å²) in [6.07, 6.45) is 1.84. The Bertz CT molecular complexity index is 1070. The molecule has 0 fully saturated rings. The lowest BCUT2D eigenvalue weighted by Crippen LogP contribution is -2.22. The minimum atomic E-state index is -0.317. The molecule has 3 aromatic rings. The Labute approximate surface area is 185 Å². The van der Waals surface area contributed by atoms with E-state index in [1.807, 2.05) is 55.6 Å². The summed E-state index contributed by atoms with van der Waals surface area (Å²) in [6, 6.07) is 13.2. The van der Waals surface area contributed by atoms with Crippen LogP contribution in [0.4, 0.5) is 5.69 Å². The highest BCUT2D eigenvalue weighted by Crippen LogP contribution is 2.36. The van der Waals surface area contributed by atoms with Crippen LogP contribution in [-0.4, -0.2) is 41.0 Å². The van der Waals surface area contributed by atoms with Crippen molar-refractivity contribution in [2.24, 2.45) is 0 Å². The Morgan fingerprint density at radius 3 is 2.65 bits per heavy atom. The average molecular weight is 440 g/mol. The summed E-state index contributed by atoms with van der Waals surface area (Å²) < 4.78 is 18.6. The molecule has 1 aromatic heterocycles. The highest BCUT2D eigenvalue weighted by atomic mass is 32.2. The van der Waals surface area contributed by atoms with Gasteiger partial charge in [0.25, 0.3) is 0 Å². The maximum Gasteiger partial charge on any atom is 0.237 e. The topological polar surface area (TPSA) is 74.6 Å². The van der Waals surface area contributed by atoms with E-state index in [2.05, 4.69) is 21.8 Å². The quantitative estimate of drug-likeness (QED) is 0.548. The standard InChI is InChI=1S/C23H25N3O4S/c1-4-26-19(16-5-10-20-21(13-16)30-12-11-29-20)14-24-23(26)31-15(2)22(27)25-17-6-8-18(28-3)9-7-17/h5-10,13-15H,4,11-12H2,1-3H3,(H,25,27). The van der Waals surface area contributed by atoms with Crippen LogP contribution in [-0.2, 0) is 11.3 Å². The number of methoxy groups -OCH3 is 1. The fraction of sp³-hybridized carbons (Fsp3) is 0.304. The number of imidazole rings is 1. The number of carbonyl (C=O) groups is 1. The second-order valence-electron chi connectivity index (χ2n) is 7.01. The molecule has 0 saturated carbocycles. The molecule has 1 N–H and O–H groups in total. The third-order valence-corrected chi connectivity index (χ3v) is 6.09. The van der Waals surface area contributed by atoms with Gasteiger partial charge >= 0.3 is 0 Å². The molecule has 7 nitrogen and oxygen atoms in total. The molecule has 4 rings (SSSR count). The molecule has 1 aliphatic rings. The van der Waals surface area contributed by atoms with Crippen molar-refractivity contribution in [2.45, 2.75) is 30.8 Å². The van der Waals surface area contributed by atoms with E-state index in [9.17, 15) is 4.79 Å². The molecule has 8 heteroatoms. The molecule has 0 radical (unpaired) electrons. The van der Waals surface area contributed by atoms with Gasteiger partial charge in [0.05, 0.1) is 24.3 Å². The van der Waals surface area contributed by atoms with E-state index in [0.29, 0.717) is 13.2 Å². The fourth-order valence-corrected chi connectivity index (χ4v) is 4.27. The van der Waals surface area contributed by atoms with Gasteiger partial charge in [-0.2, -0.15) is 0 Å². The lowest BCUT2D eigenvalue weighted by Gasteiger charge is -2.19. The van der Waals surface area contributed by atoms with Gasteiger partial charge in [0.2, 0.25) is 5.91 Å². The van der Waals surface area contributed by atoms with Crippen molar-refractivity contribution in [3.05, 3.63) is 48.7 Å². The average Bonchev–Trinajstić information content (AvgIpc) is 3.21. The van der Waals surface area contributed by atoms with E-state index in [-0.39, 0.29) is 11.2 Å². The number of benzene rings is 2. The molecule has 0 spiro atoms. The first kappa shape index (κ1) is 21.1. The molecule has 1 atom stereocenters. The first-order chi connectivity index (χ1) is 15.1. The highest BCUT2D eigenvalue weighted by Gasteiger charge is 2.20. The van der Waals surface area contributed by atoms with Gasteiger partial charge in [-0.15, -0.1) is 0 Å². The SMILES string of the molecule is CCn1c(-c2ccc3c(c2)OCCO3)cnc1SC(C)C(=O)Nc1ccc(OC)cc1. The van der Waals surface area contributed by atoms with Gasteiger partial charge in [-0.25, -0.2) is 4.98 Å². The molecule has 31 heavy (non-hydrogen) atoms. The molecular weight excluding hydrogens is 414 g/mol. The number of aromatic nitrogens is 2. The van der Waals surface area contributed by atoms with Crippen LogP contribution in [0.3, 0.4) is 0 Å². The molecule has 0 aliphatic carbocycles. The van der Waals surface area contributed by atoms with Gasteiger partial charge in [-0.1, -0.05) is 11.8 Å². The van der Waals surface area contributed by atoms with E-state index < -0.39 is 0 Å². The van der Waals surface area contributed by atoms with Crippen LogP contribution in [0.15, 0.2) is 53.8 Å². The first-order valence-electron chi connectivity index (χ1n) is 10.2.